The summed E-state index contributed by atoms with van der Waals surface area (Å²) >= 11 is 5.82. The molecule has 0 aliphatic heterocycles. The molecule has 0 heterocycles. The molecule has 4 nitrogen and oxygen atoms in total. The molecule has 0 aliphatic rings. The average molecular weight is 357 g/mol. The Hall–Kier alpha value is -2.59. The van der Waals surface area contributed by atoms with Gasteiger partial charge in [0.15, 0.2) is 0 Å². The second kappa shape index (κ2) is 9.64. The fourth-order valence-corrected chi connectivity index (χ4v) is 2.41. The fraction of sp³-hybridized carbons (Fsp3) is 0.200. The summed E-state index contributed by atoms with van der Waals surface area (Å²) in [6, 6.07) is 16.9. The third kappa shape index (κ3) is 6.43. The smallest absolute Gasteiger partial charge is 0.244 e. The molecule has 130 valence electrons. The largest absolute Gasteiger partial charge is 0.350 e. The molecule has 5 heteroatoms. The molecule has 0 atom stereocenters. The first-order chi connectivity index (χ1) is 12.1. The van der Waals surface area contributed by atoms with Crippen molar-refractivity contribution in [2.24, 2.45) is 0 Å². The predicted octanol–water partition coefficient (Wildman–Crippen LogP) is 3.57. The molecule has 2 aromatic rings. The van der Waals surface area contributed by atoms with E-state index >= 15 is 0 Å². The number of allylic oxidation sites excluding steroid dienone is 1. The molecule has 2 N–H and O–H groups in total. The van der Waals surface area contributed by atoms with Gasteiger partial charge >= 0.3 is 0 Å². The molecule has 2 rings (SSSR count). The maximum Gasteiger partial charge on any atom is 0.244 e. The van der Waals surface area contributed by atoms with E-state index < -0.39 is 0 Å². The summed E-state index contributed by atoms with van der Waals surface area (Å²) in [6.07, 6.45) is 2.28. The van der Waals surface area contributed by atoms with Gasteiger partial charge in [0, 0.05) is 17.6 Å². The van der Waals surface area contributed by atoms with Crippen LogP contribution in [0.1, 0.15) is 24.5 Å². The molecular weight excluding hydrogens is 336 g/mol. The summed E-state index contributed by atoms with van der Waals surface area (Å²) in [5, 5.41) is 6.02. The van der Waals surface area contributed by atoms with Crippen LogP contribution in [-0.2, 0) is 16.1 Å². The van der Waals surface area contributed by atoms with Crippen LogP contribution in [0.3, 0.4) is 0 Å². The quantitative estimate of drug-likeness (QED) is 0.745. The summed E-state index contributed by atoms with van der Waals surface area (Å²) in [4.78, 5) is 23.9. The van der Waals surface area contributed by atoms with E-state index in [1.54, 1.807) is 18.2 Å². The highest BCUT2D eigenvalue weighted by Crippen LogP contribution is 2.16. The maximum atomic E-state index is 12.0. The maximum absolute atomic E-state index is 12.0. The Bertz CT molecular complexity index is 740. The number of rotatable bonds is 7. The van der Waals surface area contributed by atoms with E-state index in [-0.39, 0.29) is 18.4 Å². The molecule has 2 aromatic carbocycles. The molecule has 0 fully saturated rings. The number of carbonyl (C=O) groups excluding carboxylic acids is 2. The third-order valence-corrected chi connectivity index (χ3v) is 3.91. The van der Waals surface area contributed by atoms with Gasteiger partial charge in [-0.15, -0.1) is 0 Å². The lowest BCUT2D eigenvalue weighted by atomic mass is 10.0. The SMILES string of the molecule is CC/C(=C\C(=O)NCC(=O)NCc1ccc(Cl)cc1)c1ccccc1. The van der Waals surface area contributed by atoms with Crippen LogP contribution in [0.4, 0.5) is 0 Å². The lowest BCUT2D eigenvalue weighted by Gasteiger charge is -2.07. The molecule has 0 saturated carbocycles. The van der Waals surface area contributed by atoms with Crippen molar-refractivity contribution in [1.29, 1.82) is 0 Å². The lowest BCUT2D eigenvalue weighted by molar-refractivity contribution is -0.124. The molecular formula is C20H21ClN2O2. The van der Waals surface area contributed by atoms with Crippen LogP contribution >= 0.6 is 11.6 Å². The van der Waals surface area contributed by atoms with Gasteiger partial charge in [-0.05, 0) is 35.3 Å². The van der Waals surface area contributed by atoms with Crippen LogP contribution in [0, 0.1) is 0 Å². The van der Waals surface area contributed by atoms with Gasteiger partial charge in [-0.25, -0.2) is 0 Å². The monoisotopic (exact) mass is 356 g/mol. The molecule has 0 bridgehead atoms. The summed E-state index contributed by atoms with van der Waals surface area (Å²) < 4.78 is 0. The van der Waals surface area contributed by atoms with E-state index in [9.17, 15) is 9.59 Å². The average Bonchev–Trinajstić information content (AvgIpc) is 2.64. The highest BCUT2D eigenvalue weighted by Gasteiger charge is 2.06. The number of benzene rings is 2. The second-order valence-corrected chi connectivity index (χ2v) is 5.95. The zero-order chi connectivity index (χ0) is 18.1. The van der Waals surface area contributed by atoms with E-state index in [1.165, 1.54) is 0 Å². The number of carbonyl (C=O) groups is 2. The Morgan fingerprint density at radius 2 is 1.68 bits per heavy atom. The Morgan fingerprint density at radius 3 is 2.32 bits per heavy atom. The first kappa shape index (κ1) is 18.7. The number of hydrogen-bond acceptors (Lipinski definition) is 2. The van der Waals surface area contributed by atoms with Gasteiger partial charge in [0.1, 0.15) is 0 Å². The van der Waals surface area contributed by atoms with Crippen molar-refractivity contribution in [3.05, 3.63) is 76.8 Å². The van der Waals surface area contributed by atoms with Crippen LogP contribution in [-0.4, -0.2) is 18.4 Å². The topological polar surface area (TPSA) is 58.2 Å². The first-order valence-electron chi connectivity index (χ1n) is 8.13. The van der Waals surface area contributed by atoms with Gasteiger partial charge in [-0.3, -0.25) is 9.59 Å². The number of nitrogens with one attached hydrogen (secondary N) is 2. The van der Waals surface area contributed by atoms with Gasteiger partial charge in [-0.2, -0.15) is 0 Å². The van der Waals surface area contributed by atoms with Crippen molar-refractivity contribution < 1.29 is 9.59 Å². The highest BCUT2D eigenvalue weighted by molar-refractivity contribution is 6.30. The lowest BCUT2D eigenvalue weighted by Crippen LogP contribution is -2.36. The van der Waals surface area contributed by atoms with Gasteiger partial charge < -0.3 is 10.6 Å². The minimum atomic E-state index is -0.276. The predicted molar refractivity (Wildman–Crippen MR) is 101 cm³/mol. The first-order valence-corrected chi connectivity index (χ1v) is 8.51. The van der Waals surface area contributed by atoms with Crippen LogP contribution in [0.2, 0.25) is 5.02 Å². The highest BCUT2D eigenvalue weighted by atomic mass is 35.5. The molecule has 25 heavy (non-hydrogen) atoms. The minimum Gasteiger partial charge on any atom is -0.350 e. The van der Waals surface area contributed by atoms with Gasteiger partial charge in [-0.1, -0.05) is 61.0 Å². The Labute approximate surface area is 152 Å². The van der Waals surface area contributed by atoms with E-state index in [1.807, 2.05) is 49.4 Å². The van der Waals surface area contributed by atoms with E-state index in [4.69, 9.17) is 11.6 Å². The van der Waals surface area contributed by atoms with Gasteiger partial charge in [0.2, 0.25) is 11.8 Å². The third-order valence-electron chi connectivity index (χ3n) is 3.66. The van der Waals surface area contributed by atoms with Crippen molar-refractivity contribution in [3.63, 3.8) is 0 Å². The van der Waals surface area contributed by atoms with Crippen LogP contribution < -0.4 is 10.6 Å². The van der Waals surface area contributed by atoms with Crippen LogP contribution in [0.25, 0.3) is 5.57 Å². The van der Waals surface area contributed by atoms with E-state index in [0.717, 1.165) is 23.1 Å². The van der Waals surface area contributed by atoms with Crippen molar-refractivity contribution in [2.45, 2.75) is 19.9 Å². The minimum absolute atomic E-state index is 0.0608. The summed E-state index contributed by atoms with van der Waals surface area (Å²) in [7, 11) is 0. The molecule has 0 saturated heterocycles. The molecule has 0 radical (unpaired) electrons. The van der Waals surface area contributed by atoms with Crippen LogP contribution in [0.5, 0.6) is 0 Å². The van der Waals surface area contributed by atoms with Crippen molar-refractivity contribution in [1.82, 2.24) is 10.6 Å². The molecule has 0 aliphatic carbocycles. The normalized spacial score (nSPS) is 11.0. The Balaban J connectivity index is 1.81. The summed E-state index contributed by atoms with van der Waals surface area (Å²) in [5.41, 5.74) is 2.88. The number of hydrogen-bond donors (Lipinski definition) is 2. The van der Waals surface area contributed by atoms with Gasteiger partial charge in [0.25, 0.3) is 0 Å². The summed E-state index contributed by atoms with van der Waals surface area (Å²) in [6.45, 7) is 2.32. The molecule has 2 amide bonds. The fourth-order valence-electron chi connectivity index (χ4n) is 2.28. The van der Waals surface area contributed by atoms with Gasteiger partial charge in [0.05, 0.1) is 6.54 Å². The zero-order valence-corrected chi connectivity index (χ0v) is 14.8. The zero-order valence-electron chi connectivity index (χ0n) is 14.1. The second-order valence-electron chi connectivity index (χ2n) is 5.51. The molecule has 0 spiro atoms. The van der Waals surface area contributed by atoms with E-state index in [0.29, 0.717) is 11.6 Å². The Kier molecular flexibility index (Phi) is 7.23. The van der Waals surface area contributed by atoms with Crippen molar-refractivity contribution in [3.8, 4) is 0 Å². The Morgan fingerprint density at radius 1 is 1.00 bits per heavy atom. The number of halogens is 1. The molecule has 0 unspecified atom stereocenters. The molecule has 0 aromatic heterocycles. The van der Waals surface area contributed by atoms with E-state index in [2.05, 4.69) is 10.6 Å². The number of amides is 2. The van der Waals surface area contributed by atoms with Crippen molar-refractivity contribution >= 4 is 29.0 Å². The standard InChI is InChI=1S/C20H21ClN2O2/c1-2-16(17-6-4-3-5-7-17)12-19(24)23-14-20(25)22-13-15-8-10-18(21)11-9-15/h3-12H,2,13-14H2,1H3,(H,22,25)(H,23,24)/b16-12+. The van der Waals surface area contributed by atoms with Crippen LogP contribution in [0.15, 0.2) is 60.7 Å². The summed E-state index contributed by atoms with van der Waals surface area (Å²) in [5.74, 6) is -0.517. The van der Waals surface area contributed by atoms with Crippen molar-refractivity contribution in [2.75, 3.05) is 6.54 Å².